The number of carbonyl (C=O) groups is 1. The number of aromatic nitrogens is 3. The van der Waals surface area contributed by atoms with Crippen LogP contribution < -0.4 is 0 Å². The number of halogens is 1. The van der Waals surface area contributed by atoms with Crippen molar-refractivity contribution in [3.63, 3.8) is 0 Å². The van der Waals surface area contributed by atoms with E-state index < -0.39 is 13.9 Å². The van der Waals surface area contributed by atoms with E-state index in [1.54, 1.807) is 11.1 Å². The number of likely N-dealkylation sites (tertiary alicyclic amines) is 1. The fourth-order valence-corrected chi connectivity index (χ4v) is 5.08. The summed E-state index contributed by atoms with van der Waals surface area (Å²) in [7, 11) is -1.81. The maximum atomic E-state index is 12.6. The third kappa shape index (κ3) is 6.81. The monoisotopic (exact) mass is 532 g/mol. The Morgan fingerprint density at radius 3 is 2.61 bits per heavy atom. The van der Waals surface area contributed by atoms with E-state index in [1.807, 2.05) is 31.5 Å². The molecule has 198 valence electrons. The molecule has 36 heavy (non-hydrogen) atoms. The van der Waals surface area contributed by atoms with E-state index in [4.69, 9.17) is 25.9 Å². The first-order chi connectivity index (χ1) is 16.6. The minimum absolute atomic E-state index is 0.0935. The predicted molar refractivity (Wildman–Crippen MR) is 148 cm³/mol. The molecule has 0 unspecified atom stereocenters. The zero-order chi connectivity index (χ0) is 26.9. The number of ether oxygens (including phenoxy) is 1. The molecule has 7 nitrogen and oxygen atoms in total. The molecule has 0 bridgehead atoms. The summed E-state index contributed by atoms with van der Waals surface area (Å²) in [5.41, 5.74) is 0.999. The zero-order valence-electron chi connectivity index (χ0n) is 23.2. The van der Waals surface area contributed by atoms with E-state index in [0.29, 0.717) is 24.0 Å². The van der Waals surface area contributed by atoms with Gasteiger partial charge in [-0.15, -0.1) is 0 Å². The molecule has 1 aliphatic rings. The van der Waals surface area contributed by atoms with Gasteiger partial charge in [-0.05, 0) is 71.0 Å². The third-order valence-corrected chi connectivity index (χ3v) is 11.8. The highest BCUT2D eigenvalue weighted by molar-refractivity contribution is 6.74. The number of fused-ring (bicyclic) bond motifs is 1. The summed E-state index contributed by atoms with van der Waals surface area (Å²) in [5.74, 6) is 6.51. The average Bonchev–Trinajstić information content (AvgIpc) is 3.34. The number of amides is 1. The maximum absolute atomic E-state index is 12.6. The van der Waals surface area contributed by atoms with Gasteiger partial charge < -0.3 is 9.16 Å². The highest BCUT2D eigenvalue weighted by atomic mass is 35.5. The van der Waals surface area contributed by atoms with Crippen LogP contribution in [0.2, 0.25) is 23.3 Å². The van der Waals surface area contributed by atoms with Gasteiger partial charge in [-0.25, -0.2) is 9.78 Å². The minimum atomic E-state index is -1.81. The van der Waals surface area contributed by atoms with Crippen molar-refractivity contribution in [3.8, 4) is 11.8 Å². The van der Waals surface area contributed by atoms with E-state index in [-0.39, 0.29) is 23.2 Å². The molecule has 2 aromatic heterocycles. The Bertz CT molecular complexity index is 1150. The molecule has 0 aliphatic carbocycles. The molecular formula is C27H41ClN4O3Si. The van der Waals surface area contributed by atoms with Crippen molar-refractivity contribution < 1.29 is 14.0 Å². The van der Waals surface area contributed by atoms with Gasteiger partial charge >= 0.3 is 6.09 Å². The van der Waals surface area contributed by atoms with Crippen molar-refractivity contribution in [1.29, 1.82) is 0 Å². The minimum Gasteiger partial charge on any atom is -0.444 e. The molecule has 0 saturated carbocycles. The van der Waals surface area contributed by atoms with Crippen LogP contribution in [0, 0.1) is 11.8 Å². The molecule has 1 fully saturated rings. The zero-order valence-corrected chi connectivity index (χ0v) is 25.0. The highest BCUT2D eigenvalue weighted by Gasteiger charge is 2.37. The lowest BCUT2D eigenvalue weighted by Crippen LogP contribution is -2.41. The molecule has 2 atom stereocenters. The largest absolute Gasteiger partial charge is 0.444 e. The van der Waals surface area contributed by atoms with Gasteiger partial charge in [0.15, 0.2) is 8.32 Å². The van der Waals surface area contributed by atoms with Crippen molar-refractivity contribution in [3.05, 3.63) is 23.1 Å². The van der Waals surface area contributed by atoms with Gasteiger partial charge in [-0.2, -0.15) is 5.10 Å². The van der Waals surface area contributed by atoms with Crippen LogP contribution >= 0.6 is 11.6 Å². The topological polar surface area (TPSA) is 69.5 Å². The smallest absolute Gasteiger partial charge is 0.411 e. The molecule has 1 saturated heterocycles. The molecule has 1 amide bonds. The molecule has 0 radical (unpaired) electrons. The van der Waals surface area contributed by atoms with Gasteiger partial charge in [0, 0.05) is 25.4 Å². The van der Waals surface area contributed by atoms with Crippen molar-refractivity contribution in [2.24, 2.45) is 0 Å². The summed E-state index contributed by atoms with van der Waals surface area (Å²) in [6.45, 7) is 20.3. The molecule has 3 rings (SSSR count). The summed E-state index contributed by atoms with van der Waals surface area (Å²) in [4.78, 5) is 18.6. The number of pyridine rings is 1. The fraction of sp³-hybridized carbons (Fsp3) is 0.667. The van der Waals surface area contributed by atoms with Gasteiger partial charge in [0.05, 0.1) is 23.0 Å². The van der Waals surface area contributed by atoms with Crippen LogP contribution in [0.5, 0.6) is 0 Å². The number of hydrogen-bond donors (Lipinski definition) is 0. The standard InChI is InChI=1S/C27H41ClN4O3Si/c1-19(14-16-34-36(8,9)27(5,6)7)32-23-17-24(28)29-18-21(23)22(30-32)13-12-20-11-10-15-31(20)25(33)35-26(2,3)4/h17-20H,10-11,14-16H2,1-9H3/t19-,20-/m0/s1. The van der Waals surface area contributed by atoms with Crippen LogP contribution in [0.4, 0.5) is 4.79 Å². The molecule has 3 heterocycles. The first-order valence-electron chi connectivity index (χ1n) is 12.8. The predicted octanol–water partition coefficient (Wildman–Crippen LogP) is 6.81. The van der Waals surface area contributed by atoms with Crippen LogP contribution in [-0.4, -0.2) is 58.9 Å². The molecule has 0 N–H and O–H groups in total. The molecular weight excluding hydrogens is 492 g/mol. The quantitative estimate of drug-likeness (QED) is 0.240. The molecule has 0 aromatic carbocycles. The van der Waals surface area contributed by atoms with Gasteiger partial charge in [0.25, 0.3) is 0 Å². The SMILES string of the molecule is C[C@@H](CCO[Si](C)(C)C(C)(C)C)n1nc(C#C[C@@H]2CCCN2C(=O)OC(C)(C)C)c2cnc(Cl)cc21. The van der Waals surface area contributed by atoms with Gasteiger partial charge in [-0.3, -0.25) is 9.58 Å². The summed E-state index contributed by atoms with van der Waals surface area (Å²) in [6, 6.07) is 1.73. The van der Waals surface area contributed by atoms with Gasteiger partial charge in [0.2, 0.25) is 0 Å². The maximum Gasteiger partial charge on any atom is 0.411 e. The normalized spacial score (nSPS) is 17.7. The number of carbonyl (C=O) groups excluding carboxylic acids is 1. The Morgan fingerprint density at radius 2 is 1.97 bits per heavy atom. The average molecular weight is 533 g/mol. The van der Waals surface area contributed by atoms with Crippen LogP contribution in [0.1, 0.15) is 79.5 Å². The lowest BCUT2D eigenvalue weighted by atomic mass is 10.2. The Balaban J connectivity index is 1.82. The van der Waals surface area contributed by atoms with E-state index in [0.717, 1.165) is 30.2 Å². The first kappa shape index (κ1) is 28.5. The fourth-order valence-electron chi connectivity index (χ4n) is 3.87. The van der Waals surface area contributed by atoms with Crippen molar-refractivity contribution in [1.82, 2.24) is 19.7 Å². The summed E-state index contributed by atoms with van der Waals surface area (Å²) < 4.78 is 13.9. The summed E-state index contributed by atoms with van der Waals surface area (Å²) >= 11 is 6.24. The second kappa shape index (κ2) is 10.7. The highest BCUT2D eigenvalue weighted by Crippen LogP contribution is 2.37. The van der Waals surface area contributed by atoms with Crippen LogP contribution in [0.3, 0.4) is 0 Å². The van der Waals surface area contributed by atoms with Crippen molar-refractivity contribution >= 4 is 36.9 Å². The lowest BCUT2D eigenvalue weighted by molar-refractivity contribution is 0.0261. The first-order valence-corrected chi connectivity index (χ1v) is 16.1. The number of nitrogens with zero attached hydrogens (tertiary/aromatic N) is 4. The van der Waals surface area contributed by atoms with Crippen molar-refractivity contribution in [2.75, 3.05) is 13.2 Å². The summed E-state index contributed by atoms with van der Waals surface area (Å²) in [6.07, 6.45) is 3.94. The Hall–Kier alpha value is -2.08. The molecule has 9 heteroatoms. The Labute approximate surface area is 222 Å². The second-order valence-electron chi connectivity index (χ2n) is 12.2. The van der Waals surface area contributed by atoms with Gasteiger partial charge in [0.1, 0.15) is 16.4 Å². The Morgan fingerprint density at radius 1 is 1.28 bits per heavy atom. The van der Waals surface area contributed by atoms with E-state index in [1.165, 1.54) is 0 Å². The van der Waals surface area contributed by atoms with Crippen LogP contribution in [0.15, 0.2) is 12.3 Å². The van der Waals surface area contributed by atoms with E-state index in [2.05, 4.69) is 57.6 Å². The van der Waals surface area contributed by atoms with Crippen LogP contribution in [-0.2, 0) is 9.16 Å². The summed E-state index contributed by atoms with van der Waals surface area (Å²) in [5, 5.41) is 6.29. The van der Waals surface area contributed by atoms with E-state index >= 15 is 0 Å². The van der Waals surface area contributed by atoms with Crippen LogP contribution in [0.25, 0.3) is 10.9 Å². The molecule has 1 aliphatic heterocycles. The third-order valence-electron chi connectivity index (χ3n) is 7.02. The van der Waals surface area contributed by atoms with Gasteiger partial charge in [-0.1, -0.05) is 38.3 Å². The van der Waals surface area contributed by atoms with E-state index in [9.17, 15) is 4.79 Å². The Kier molecular flexibility index (Phi) is 8.49. The number of hydrogen-bond acceptors (Lipinski definition) is 5. The molecule has 0 spiro atoms. The van der Waals surface area contributed by atoms with Crippen molar-refractivity contribution in [2.45, 2.75) is 104 Å². The lowest BCUT2D eigenvalue weighted by Gasteiger charge is -2.36. The second-order valence-corrected chi connectivity index (χ2v) is 17.4. The number of rotatable bonds is 5. The molecule has 2 aromatic rings.